The van der Waals surface area contributed by atoms with Gasteiger partial charge in [-0.15, -0.1) is 0 Å². The van der Waals surface area contributed by atoms with Crippen molar-refractivity contribution in [2.45, 2.75) is 19.3 Å². The molecule has 0 heterocycles. The van der Waals surface area contributed by atoms with Crippen LogP contribution >= 0.6 is 27.5 Å². The first-order valence-electron chi connectivity index (χ1n) is 5.28. The monoisotopic (exact) mass is 321 g/mol. The van der Waals surface area contributed by atoms with Gasteiger partial charge in [0.2, 0.25) is 0 Å². The molecule has 0 saturated carbocycles. The first kappa shape index (κ1) is 14.3. The van der Waals surface area contributed by atoms with Crippen LogP contribution in [-0.2, 0) is 0 Å². The van der Waals surface area contributed by atoms with Gasteiger partial charge >= 0.3 is 5.69 Å². The summed E-state index contributed by atoms with van der Waals surface area (Å²) in [4.78, 5) is 10.3. The van der Waals surface area contributed by atoms with Crippen LogP contribution in [0.3, 0.4) is 0 Å². The van der Waals surface area contributed by atoms with Gasteiger partial charge in [0.05, 0.1) is 11.5 Å². The molecule has 0 N–H and O–H groups in total. The topological polar surface area (TPSA) is 52.4 Å². The number of unbranched alkanes of at least 4 members (excludes halogenated alkanes) is 2. The van der Waals surface area contributed by atoms with E-state index in [-0.39, 0.29) is 11.4 Å². The molecule has 0 aliphatic rings. The van der Waals surface area contributed by atoms with E-state index in [1.807, 2.05) is 0 Å². The molecule has 17 heavy (non-hydrogen) atoms. The third-order valence-corrected chi connectivity index (χ3v) is 2.95. The summed E-state index contributed by atoms with van der Waals surface area (Å²) in [6, 6.07) is 4.32. The Morgan fingerprint density at radius 1 is 1.35 bits per heavy atom. The molecule has 0 bridgehead atoms. The van der Waals surface area contributed by atoms with Gasteiger partial charge in [-0.3, -0.25) is 10.1 Å². The lowest BCUT2D eigenvalue weighted by Gasteiger charge is -2.06. The first-order valence-corrected chi connectivity index (χ1v) is 6.78. The Kier molecular flexibility index (Phi) is 6.29. The van der Waals surface area contributed by atoms with E-state index in [2.05, 4.69) is 15.9 Å². The number of nitrogens with zero attached hydrogens (tertiary/aromatic N) is 1. The lowest BCUT2D eigenvalue weighted by atomic mass is 10.2. The average Bonchev–Trinajstić information content (AvgIpc) is 2.28. The quantitative estimate of drug-likeness (QED) is 0.327. The summed E-state index contributed by atoms with van der Waals surface area (Å²) in [6.07, 6.45) is 2.97. The molecule has 0 aromatic heterocycles. The minimum Gasteiger partial charge on any atom is -0.487 e. The number of nitro groups is 1. The van der Waals surface area contributed by atoms with Crippen LogP contribution in [0.25, 0.3) is 0 Å². The van der Waals surface area contributed by atoms with E-state index in [0.29, 0.717) is 11.6 Å². The minimum atomic E-state index is -0.468. The molecule has 6 heteroatoms. The minimum absolute atomic E-state index is 0.0464. The molecule has 0 spiro atoms. The number of halogens is 2. The van der Waals surface area contributed by atoms with Gasteiger partial charge in [-0.2, -0.15) is 0 Å². The molecule has 1 aromatic carbocycles. The Bertz CT molecular complexity index is 387. The van der Waals surface area contributed by atoms with Crippen LogP contribution < -0.4 is 4.74 Å². The van der Waals surface area contributed by atoms with Gasteiger partial charge in [-0.05, 0) is 25.3 Å². The highest BCUT2D eigenvalue weighted by Gasteiger charge is 2.14. The smallest absolute Gasteiger partial charge is 0.311 e. The van der Waals surface area contributed by atoms with Crippen LogP contribution in [0.5, 0.6) is 5.75 Å². The van der Waals surface area contributed by atoms with Crippen molar-refractivity contribution < 1.29 is 9.66 Å². The summed E-state index contributed by atoms with van der Waals surface area (Å²) in [6.45, 7) is 0.466. The molecule has 0 atom stereocenters. The highest BCUT2D eigenvalue weighted by Crippen LogP contribution is 2.29. The Labute approximate surface area is 113 Å². The van der Waals surface area contributed by atoms with E-state index >= 15 is 0 Å². The normalized spacial score (nSPS) is 10.2. The zero-order chi connectivity index (χ0) is 12.7. The maximum atomic E-state index is 10.7. The van der Waals surface area contributed by atoms with Crippen LogP contribution in [0.4, 0.5) is 5.69 Å². The SMILES string of the molecule is O=[N+]([O-])c1ccc(Cl)cc1OCCCCCBr. The molecule has 0 saturated heterocycles. The summed E-state index contributed by atoms with van der Waals surface area (Å²) >= 11 is 9.11. The number of benzene rings is 1. The van der Waals surface area contributed by atoms with Gasteiger partial charge in [0.15, 0.2) is 5.75 Å². The van der Waals surface area contributed by atoms with Gasteiger partial charge in [0.1, 0.15) is 0 Å². The Balaban J connectivity index is 2.56. The predicted octanol–water partition coefficient (Wildman–Crippen LogP) is 4.19. The lowest BCUT2D eigenvalue weighted by Crippen LogP contribution is -2.00. The van der Waals surface area contributed by atoms with Crippen molar-refractivity contribution in [3.05, 3.63) is 33.3 Å². The Morgan fingerprint density at radius 3 is 2.76 bits per heavy atom. The molecule has 94 valence electrons. The maximum Gasteiger partial charge on any atom is 0.311 e. The van der Waals surface area contributed by atoms with Gasteiger partial charge < -0.3 is 4.74 Å². The van der Waals surface area contributed by atoms with Crippen LogP contribution in [0, 0.1) is 10.1 Å². The van der Waals surface area contributed by atoms with Crippen molar-refractivity contribution in [2.24, 2.45) is 0 Å². The van der Waals surface area contributed by atoms with Gasteiger partial charge in [0.25, 0.3) is 0 Å². The Morgan fingerprint density at radius 2 is 2.12 bits per heavy atom. The third kappa shape index (κ3) is 4.91. The van der Waals surface area contributed by atoms with E-state index in [9.17, 15) is 10.1 Å². The van der Waals surface area contributed by atoms with E-state index in [0.717, 1.165) is 24.6 Å². The fraction of sp³-hybridized carbons (Fsp3) is 0.455. The summed E-state index contributed by atoms with van der Waals surface area (Å²) in [5.74, 6) is 0.237. The van der Waals surface area contributed by atoms with Crippen molar-refractivity contribution in [3.63, 3.8) is 0 Å². The molecular weight excluding hydrogens is 309 g/mol. The molecule has 1 rings (SSSR count). The predicted molar refractivity (Wildman–Crippen MR) is 71.2 cm³/mol. The first-order chi connectivity index (χ1) is 8.15. The van der Waals surface area contributed by atoms with E-state index in [4.69, 9.17) is 16.3 Å². The van der Waals surface area contributed by atoms with Gasteiger partial charge in [0, 0.05) is 22.5 Å². The van der Waals surface area contributed by atoms with Crippen molar-refractivity contribution in [1.82, 2.24) is 0 Å². The number of hydrogen-bond donors (Lipinski definition) is 0. The Hall–Kier alpha value is -0.810. The van der Waals surface area contributed by atoms with E-state index < -0.39 is 4.92 Å². The van der Waals surface area contributed by atoms with Crippen molar-refractivity contribution in [2.75, 3.05) is 11.9 Å². The largest absolute Gasteiger partial charge is 0.487 e. The number of nitro benzene ring substituents is 1. The third-order valence-electron chi connectivity index (χ3n) is 2.15. The van der Waals surface area contributed by atoms with E-state index in [1.165, 1.54) is 18.2 Å². The second-order valence-corrected chi connectivity index (χ2v) is 4.70. The molecule has 0 unspecified atom stereocenters. The second-order valence-electron chi connectivity index (χ2n) is 3.47. The molecule has 4 nitrogen and oxygen atoms in total. The van der Waals surface area contributed by atoms with E-state index in [1.54, 1.807) is 0 Å². The number of ether oxygens (including phenoxy) is 1. The fourth-order valence-corrected chi connectivity index (χ4v) is 1.87. The zero-order valence-electron chi connectivity index (χ0n) is 9.20. The fourth-order valence-electron chi connectivity index (χ4n) is 1.31. The van der Waals surface area contributed by atoms with Crippen molar-refractivity contribution in [1.29, 1.82) is 0 Å². The molecular formula is C11H13BrClNO3. The molecule has 0 fully saturated rings. The van der Waals surface area contributed by atoms with Crippen LogP contribution in [0.2, 0.25) is 5.02 Å². The van der Waals surface area contributed by atoms with Crippen molar-refractivity contribution in [3.8, 4) is 5.75 Å². The van der Waals surface area contributed by atoms with Gasteiger partial charge in [-0.1, -0.05) is 27.5 Å². The molecule has 0 amide bonds. The lowest BCUT2D eigenvalue weighted by molar-refractivity contribution is -0.385. The molecule has 0 aliphatic heterocycles. The number of rotatable bonds is 7. The van der Waals surface area contributed by atoms with Crippen LogP contribution in [-0.4, -0.2) is 16.9 Å². The summed E-state index contributed by atoms with van der Waals surface area (Å²) in [7, 11) is 0. The molecule has 0 aliphatic carbocycles. The molecule has 1 aromatic rings. The summed E-state index contributed by atoms with van der Waals surface area (Å²) < 4.78 is 5.38. The van der Waals surface area contributed by atoms with Crippen molar-refractivity contribution >= 4 is 33.2 Å². The van der Waals surface area contributed by atoms with Crippen LogP contribution in [0.1, 0.15) is 19.3 Å². The average molecular weight is 323 g/mol. The number of hydrogen-bond acceptors (Lipinski definition) is 3. The maximum absolute atomic E-state index is 10.7. The highest BCUT2D eigenvalue weighted by atomic mass is 79.9. The second kappa shape index (κ2) is 7.50. The highest BCUT2D eigenvalue weighted by molar-refractivity contribution is 9.09. The number of alkyl halides is 1. The van der Waals surface area contributed by atoms with Gasteiger partial charge in [-0.25, -0.2) is 0 Å². The molecule has 0 radical (unpaired) electrons. The van der Waals surface area contributed by atoms with Crippen LogP contribution in [0.15, 0.2) is 18.2 Å². The summed E-state index contributed by atoms with van der Waals surface area (Å²) in [5.41, 5.74) is -0.0464. The standard InChI is InChI=1S/C11H13BrClNO3/c12-6-2-1-3-7-17-11-8-9(13)4-5-10(11)14(15)16/h4-5,8H,1-3,6-7H2. The zero-order valence-corrected chi connectivity index (χ0v) is 11.5. The summed E-state index contributed by atoms with van der Waals surface area (Å²) in [5, 5.41) is 12.1.